The van der Waals surface area contributed by atoms with Gasteiger partial charge < -0.3 is 5.32 Å². The maximum Gasteiger partial charge on any atom is 0.131 e. The van der Waals surface area contributed by atoms with Crippen LogP contribution in [-0.4, -0.2) is 0 Å². The molecule has 94 valence electrons. The standard InChI is InChI=1S/C14H11F2N.ClH/c15-12-3-4-14(16)13(6-12)9-1-2-10-7-17-8-11(10)5-9;/h1-6,17H,7-8H2;1H. The molecule has 4 heteroatoms. The van der Waals surface area contributed by atoms with Crippen LogP contribution in [0.5, 0.6) is 0 Å². The molecule has 3 rings (SSSR count). The van der Waals surface area contributed by atoms with E-state index in [4.69, 9.17) is 0 Å². The molecule has 1 aliphatic heterocycles. The van der Waals surface area contributed by atoms with Gasteiger partial charge in [-0.05, 0) is 41.0 Å². The van der Waals surface area contributed by atoms with E-state index in [-0.39, 0.29) is 12.4 Å². The summed E-state index contributed by atoms with van der Waals surface area (Å²) in [4.78, 5) is 0. The average molecular weight is 268 g/mol. The largest absolute Gasteiger partial charge is 0.309 e. The Balaban J connectivity index is 0.00000120. The summed E-state index contributed by atoms with van der Waals surface area (Å²) in [5, 5.41) is 3.22. The number of rotatable bonds is 1. The van der Waals surface area contributed by atoms with Crippen molar-refractivity contribution in [1.82, 2.24) is 5.32 Å². The summed E-state index contributed by atoms with van der Waals surface area (Å²) in [6.45, 7) is 1.64. The molecule has 1 nitrogen and oxygen atoms in total. The molecule has 0 atom stereocenters. The quantitative estimate of drug-likeness (QED) is 0.832. The van der Waals surface area contributed by atoms with Crippen LogP contribution in [0.1, 0.15) is 11.1 Å². The fourth-order valence-corrected chi connectivity index (χ4v) is 2.18. The minimum absolute atomic E-state index is 0. The highest BCUT2D eigenvalue weighted by Gasteiger charge is 2.12. The van der Waals surface area contributed by atoms with Crippen molar-refractivity contribution < 1.29 is 8.78 Å². The van der Waals surface area contributed by atoms with Crippen molar-refractivity contribution in [2.75, 3.05) is 0 Å². The van der Waals surface area contributed by atoms with Crippen LogP contribution >= 0.6 is 12.4 Å². The van der Waals surface area contributed by atoms with E-state index in [0.29, 0.717) is 5.56 Å². The second-order valence-corrected chi connectivity index (χ2v) is 4.21. The molecular formula is C14H12ClF2N. The minimum Gasteiger partial charge on any atom is -0.309 e. The predicted molar refractivity (Wildman–Crippen MR) is 69.6 cm³/mol. The third-order valence-electron chi connectivity index (χ3n) is 3.08. The van der Waals surface area contributed by atoms with Crippen LogP contribution in [0.2, 0.25) is 0 Å². The fraction of sp³-hybridized carbons (Fsp3) is 0.143. The van der Waals surface area contributed by atoms with E-state index in [1.807, 2.05) is 18.2 Å². The van der Waals surface area contributed by atoms with E-state index in [1.165, 1.54) is 11.6 Å². The normalized spacial score (nSPS) is 13.0. The number of hydrogen-bond donors (Lipinski definition) is 1. The molecule has 0 saturated carbocycles. The zero-order chi connectivity index (χ0) is 11.8. The van der Waals surface area contributed by atoms with Crippen LogP contribution in [0.3, 0.4) is 0 Å². The molecule has 2 aromatic carbocycles. The lowest BCUT2D eigenvalue weighted by Gasteiger charge is -2.06. The Morgan fingerprint density at radius 2 is 1.67 bits per heavy atom. The maximum absolute atomic E-state index is 13.6. The van der Waals surface area contributed by atoms with Crippen LogP contribution in [0, 0.1) is 11.6 Å². The molecule has 0 fully saturated rings. The molecule has 0 saturated heterocycles. The summed E-state index contributed by atoms with van der Waals surface area (Å²) < 4.78 is 26.8. The van der Waals surface area contributed by atoms with Crippen molar-refractivity contribution >= 4 is 12.4 Å². The Kier molecular flexibility index (Phi) is 3.64. The van der Waals surface area contributed by atoms with Gasteiger partial charge in [-0.15, -0.1) is 12.4 Å². The average Bonchev–Trinajstić information content (AvgIpc) is 2.79. The first-order valence-corrected chi connectivity index (χ1v) is 5.52. The second-order valence-electron chi connectivity index (χ2n) is 4.21. The van der Waals surface area contributed by atoms with Crippen LogP contribution in [0.25, 0.3) is 11.1 Å². The van der Waals surface area contributed by atoms with Crippen molar-refractivity contribution in [3.8, 4) is 11.1 Å². The SMILES string of the molecule is Cl.Fc1ccc(F)c(-c2ccc3c(c2)CNC3)c1. The van der Waals surface area contributed by atoms with E-state index in [1.54, 1.807) is 0 Å². The Morgan fingerprint density at radius 1 is 0.889 bits per heavy atom. The number of benzene rings is 2. The lowest BCUT2D eigenvalue weighted by molar-refractivity contribution is 0.603. The van der Waals surface area contributed by atoms with Gasteiger partial charge in [0, 0.05) is 18.7 Å². The van der Waals surface area contributed by atoms with Crippen LogP contribution in [-0.2, 0) is 13.1 Å². The van der Waals surface area contributed by atoms with Gasteiger partial charge in [-0.3, -0.25) is 0 Å². The third-order valence-corrected chi connectivity index (χ3v) is 3.08. The molecule has 0 aromatic heterocycles. The topological polar surface area (TPSA) is 12.0 Å². The minimum atomic E-state index is -0.417. The van der Waals surface area contributed by atoms with E-state index >= 15 is 0 Å². The molecule has 0 spiro atoms. The molecule has 0 aliphatic carbocycles. The number of hydrogen-bond acceptors (Lipinski definition) is 1. The molecule has 0 bridgehead atoms. The molecule has 2 aromatic rings. The Hall–Kier alpha value is -1.45. The Labute approximate surface area is 110 Å². The van der Waals surface area contributed by atoms with E-state index in [0.717, 1.165) is 36.3 Å². The Bertz CT molecular complexity index is 584. The molecule has 18 heavy (non-hydrogen) atoms. The van der Waals surface area contributed by atoms with Gasteiger partial charge in [-0.25, -0.2) is 8.78 Å². The monoisotopic (exact) mass is 267 g/mol. The molecule has 1 aliphatic rings. The van der Waals surface area contributed by atoms with E-state index in [2.05, 4.69) is 5.32 Å². The highest BCUT2D eigenvalue weighted by Crippen LogP contribution is 2.27. The summed E-state index contributed by atoms with van der Waals surface area (Å²) in [6.07, 6.45) is 0. The fourth-order valence-electron chi connectivity index (χ4n) is 2.18. The lowest BCUT2D eigenvalue weighted by atomic mass is 10.00. The highest BCUT2D eigenvalue weighted by molar-refractivity contribution is 5.85. The van der Waals surface area contributed by atoms with Crippen molar-refractivity contribution in [1.29, 1.82) is 0 Å². The molecule has 1 heterocycles. The third kappa shape index (κ3) is 2.24. The molecule has 0 radical (unpaired) electrons. The number of nitrogens with one attached hydrogen (secondary N) is 1. The Morgan fingerprint density at radius 3 is 2.50 bits per heavy atom. The van der Waals surface area contributed by atoms with Crippen molar-refractivity contribution in [3.63, 3.8) is 0 Å². The van der Waals surface area contributed by atoms with Gasteiger partial charge >= 0.3 is 0 Å². The second kappa shape index (κ2) is 5.04. The number of fused-ring (bicyclic) bond motifs is 1. The molecular weight excluding hydrogens is 256 g/mol. The van der Waals surface area contributed by atoms with Crippen molar-refractivity contribution in [3.05, 3.63) is 59.2 Å². The summed E-state index contributed by atoms with van der Waals surface area (Å²) >= 11 is 0. The van der Waals surface area contributed by atoms with E-state index < -0.39 is 11.6 Å². The zero-order valence-electron chi connectivity index (χ0n) is 9.54. The summed E-state index contributed by atoms with van der Waals surface area (Å²) in [5.74, 6) is -0.808. The van der Waals surface area contributed by atoms with Gasteiger partial charge in [0.05, 0.1) is 0 Å². The van der Waals surface area contributed by atoms with Gasteiger partial charge in [-0.2, -0.15) is 0 Å². The molecule has 0 unspecified atom stereocenters. The molecule has 1 N–H and O–H groups in total. The summed E-state index contributed by atoms with van der Waals surface area (Å²) in [5.41, 5.74) is 3.43. The van der Waals surface area contributed by atoms with Crippen molar-refractivity contribution in [2.24, 2.45) is 0 Å². The van der Waals surface area contributed by atoms with Gasteiger partial charge in [0.15, 0.2) is 0 Å². The van der Waals surface area contributed by atoms with Crippen LogP contribution in [0.15, 0.2) is 36.4 Å². The van der Waals surface area contributed by atoms with E-state index in [9.17, 15) is 8.78 Å². The maximum atomic E-state index is 13.6. The van der Waals surface area contributed by atoms with Crippen LogP contribution in [0.4, 0.5) is 8.78 Å². The van der Waals surface area contributed by atoms with Gasteiger partial charge in [0.1, 0.15) is 11.6 Å². The lowest BCUT2D eigenvalue weighted by Crippen LogP contribution is -1.99. The highest BCUT2D eigenvalue weighted by atomic mass is 35.5. The smallest absolute Gasteiger partial charge is 0.131 e. The summed E-state index contributed by atoms with van der Waals surface area (Å²) in [6, 6.07) is 9.26. The summed E-state index contributed by atoms with van der Waals surface area (Å²) in [7, 11) is 0. The van der Waals surface area contributed by atoms with Gasteiger partial charge in [0.25, 0.3) is 0 Å². The zero-order valence-corrected chi connectivity index (χ0v) is 10.4. The first kappa shape index (κ1) is 13.0. The van der Waals surface area contributed by atoms with Gasteiger partial charge in [-0.1, -0.05) is 12.1 Å². The first-order chi connectivity index (χ1) is 8.24. The van der Waals surface area contributed by atoms with Crippen molar-refractivity contribution in [2.45, 2.75) is 13.1 Å². The first-order valence-electron chi connectivity index (χ1n) is 5.52. The number of halogens is 3. The van der Waals surface area contributed by atoms with Gasteiger partial charge in [0.2, 0.25) is 0 Å². The molecule has 0 amide bonds. The predicted octanol–water partition coefficient (Wildman–Crippen LogP) is 3.66. The van der Waals surface area contributed by atoms with Crippen LogP contribution < -0.4 is 5.32 Å².